The van der Waals surface area contributed by atoms with E-state index in [4.69, 9.17) is 5.11 Å². The van der Waals surface area contributed by atoms with Crippen LogP contribution in [0.3, 0.4) is 0 Å². The lowest BCUT2D eigenvalue weighted by Crippen LogP contribution is -2.39. The van der Waals surface area contributed by atoms with Gasteiger partial charge in [0.2, 0.25) is 0 Å². The molecule has 0 radical (unpaired) electrons. The average Bonchev–Trinajstić information content (AvgIpc) is 2.28. The SMILES string of the molecule is C[C@@H]1C[C@@H](C)CN(c2ccc(C(=O)O)nn2)C1. The molecule has 0 unspecified atom stereocenters. The van der Waals surface area contributed by atoms with Crippen molar-refractivity contribution in [1.82, 2.24) is 10.2 Å². The second kappa shape index (κ2) is 4.69. The van der Waals surface area contributed by atoms with Gasteiger partial charge in [-0.2, -0.15) is 0 Å². The molecule has 1 aliphatic heterocycles. The van der Waals surface area contributed by atoms with Crippen LogP contribution in [0.1, 0.15) is 30.8 Å². The number of carbonyl (C=O) groups is 1. The molecule has 1 saturated heterocycles. The molecule has 1 fully saturated rings. The normalized spacial score (nSPS) is 24.7. The molecule has 2 rings (SSSR count). The molecule has 0 amide bonds. The van der Waals surface area contributed by atoms with Crippen LogP contribution >= 0.6 is 0 Å². The van der Waals surface area contributed by atoms with E-state index < -0.39 is 5.97 Å². The number of piperidine rings is 1. The van der Waals surface area contributed by atoms with Crippen molar-refractivity contribution in [3.05, 3.63) is 17.8 Å². The maximum atomic E-state index is 10.7. The molecule has 0 spiro atoms. The van der Waals surface area contributed by atoms with Crippen LogP contribution in [-0.4, -0.2) is 34.4 Å². The molecular formula is C12H17N3O2. The van der Waals surface area contributed by atoms with Crippen molar-refractivity contribution in [2.24, 2.45) is 11.8 Å². The summed E-state index contributed by atoms with van der Waals surface area (Å²) < 4.78 is 0. The molecule has 2 heterocycles. The van der Waals surface area contributed by atoms with E-state index in [2.05, 4.69) is 28.9 Å². The molecule has 0 aromatic carbocycles. The van der Waals surface area contributed by atoms with Crippen LogP contribution in [-0.2, 0) is 0 Å². The second-order valence-corrected chi connectivity index (χ2v) is 4.93. The van der Waals surface area contributed by atoms with Crippen LogP contribution in [0.25, 0.3) is 0 Å². The summed E-state index contributed by atoms with van der Waals surface area (Å²) in [6, 6.07) is 3.25. The van der Waals surface area contributed by atoms with Crippen LogP contribution in [0, 0.1) is 11.8 Å². The molecule has 1 aliphatic rings. The molecule has 92 valence electrons. The van der Waals surface area contributed by atoms with Gasteiger partial charge < -0.3 is 10.0 Å². The summed E-state index contributed by atoms with van der Waals surface area (Å²) in [7, 11) is 0. The Kier molecular flexibility index (Phi) is 3.26. The number of aromatic nitrogens is 2. The molecule has 0 bridgehead atoms. The lowest BCUT2D eigenvalue weighted by Gasteiger charge is -2.35. The van der Waals surface area contributed by atoms with E-state index in [0.29, 0.717) is 11.8 Å². The molecule has 5 nitrogen and oxygen atoms in total. The van der Waals surface area contributed by atoms with E-state index in [9.17, 15) is 4.79 Å². The molecule has 0 aliphatic carbocycles. The van der Waals surface area contributed by atoms with E-state index in [1.165, 1.54) is 12.5 Å². The van der Waals surface area contributed by atoms with E-state index >= 15 is 0 Å². The monoisotopic (exact) mass is 235 g/mol. The predicted octanol–water partition coefficient (Wildman–Crippen LogP) is 1.66. The molecule has 2 atom stereocenters. The molecular weight excluding hydrogens is 218 g/mol. The quantitative estimate of drug-likeness (QED) is 0.844. The highest BCUT2D eigenvalue weighted by Gasteiger charge is 2.23. The van der Waals surface area contributed by atoms with Gasteiger partial charge in [-0.25, -0.2) is 4.79 Å². The third-order valence-electron chi connectivity index (χ3n) is 3.06. The standard InChI is InChI=1S/C12H17N3O2/c1-8-5-9(2)7-15(6-8)11-4-3-10(12(16)17)13-14-11/h3-4,8-9H,5-7H2,1-2H3,(H,16,17)/t8-,9-/m1/s1. The Bertz CT molecular complexity index is 395. The van der Waals surface area contributed by atoms with Gasteiger partial charge in [0.15, 0.2) is 11.5 Å². The summed E-state index contributed by atoms with van der Waals surface area (Å²) in [5.41, 5.74) is -0.00754. The van der Waals surface area contributed by atoms with Crippen LogP contribution in [0.15, 0.2) is 12.1 Å². The number of carboxylic acids is 1. The second-order valence-electron chi connectivity index (χ2n) is 4.93. The van der Waals surface area contributed by atoms with Gasteiger partial charge in [-0.05, 0) is 30.4 Å². The largest absolute Gasteiger partial charge is 0.476 e. The molecule has 1 N–H and O–H groups in total. The highest BCUT2D eigenvalue weighted by atomic mass is 16.4. The van der Waals surface area contributed by atoms with E-state index in [-0.39, 0.29) is 5.69 Å². The zero-order chi connectivity index (χ0) is 12.4. The van der Waals surface area contributed by atoms with Gasteiger partial charge in [0.05, 0.1) is 0 Å². The van der Waals surface area contributed by atoms with Crippen molar-refractivity contribution in [3.63, 3.8) is 0 Å². The van der Waals surface area contributed by atoms with Crippen LogP contribution in [0.5, 0.6) is 0 Å². The number of carboxylic acid groups (broad SMARTS) is 1. The van der Waals surface area contributed by atoms with Crippen molar-refractivity contribution in [3.8, 4) is 0 Å². The Labute approximate surface area is 100 Å². The Morgan fingerprint density at radius 1 is 1.29 bits per heavy atom. The number of anilines is 1. The first-order valence-electron chi connectivity index (χ1n) is 5.88. The molecule has 0 saturated carbocycles. The maximum absolute atomic E-state index is 10.7. The van der Waals surface area contributed by atoms with Gasteiger partial charge in [-0.1, -0.05) is 13.8 Å². The average molecular weight is 235 g/mol. The third kappa shape index (κ3) is 2.72. The first kappa shape index (κ1) is 11.8. The van der Waals surface area contributed by atoms with Gasteiger partial charge in [-0.15, -0.1) is 10.2 Å². The zero-order valence-electron chi connectivity index (χ0n) is 10.1. The molecule has 17 heavy (non-hydrogen) atoms. The Hall–Kier alpha value is -1.65. The number of hydrogen-bond acceptors (Lipinski definition) is 4. The first-order valence-corrected chi connectivity index (χ1v) is 5.88. The molecule has 5 heteroatoms. The fourth-order valence-corrected chi connectivity index (χ4v) is 2.46. The first-order chi connectivity index (χ1) is 8.06. The van der Waals surface area contributed by atoms with Gasteiger partial charge in [0.25, 0.3) is 0 Å². The van der Waals surface area contributed by atoms with Crippen molar-refractivity contribution < 1.29 is 9.90 Å². The zero-order valence-corrected chi connectivity index (χ0v) is 10.1. The van der Waals surface area contributed by atoms with Crippen LogP contribution in [0.2, 0.25) is 0 Å². The topological polar surface area (TPSA) is 66.3 Å². The van der Waals surface area contributed by atoms with Gasteiger partial charge >= 0.3 is 5.97 Å². The minimum absolute atomic E-state index is 0.00754. The number of aromatic carboxylic acids is 1. The van der Waals surface area contributed by atoms with Crippen molar-refractivity contribution in [1.29, 1.82) is 0 Å². The smallest absolute Gasteiger partial charge is 0.356 e. The van der Waals surface area contributed by atoms with Gasteiger partial charge in [0.1, 0.15) is 0 Å². The third-order valence-corrected chi connectivity index (χ3v) is 3.06. The summed E-state index contributed by atoms with van der Waals surface area (Å²) in [5.74, 6) is 1.01. The van der Waals surface area contributed by atoms with E-state index in [0.717, 1.165) is 18.9 Å². The number of nitrogens with zero attached hydrogens (tertiary/aromatic N) is 3. The Morgan fingerprint density at radius 3 is 2.41 bits per heavy atom. The van der Waals surface area contributed by atoms with Crippen molar-refractivity contribution in [2.75, 3.05) is 18.0 Å². The number of rotatable bonds is 2. The van der Waals surface area contributed by atoms with Crippen LogP contribution in [0.4, 0.5) is 5.82 Å². The minimum atomic E-state index is -1.04. The lowest BCUT2D eigenvalue weighted by atomic mass is 9.92. The van der Waals surface area contributed by atoms with Crippen molar-refractivity contribution >= 4 is 11.8 Å². The van der Waals surface area contributed by atoms with Crippen LogP contribution < -0.4 is 4.90 Å². The number of hydrogen-bond donors (Lipinski definition) is 1. The van der Waals surface area contributed by atoms with Crippen molar-refractivity contribution in [2.45, 2.75) is 20.3 Å². The summed E-state index contributed by atoms with van der Waals surface area (Å²) >= 11 is 0. The molecule has 1 aromatic rings. The maximum Gasteiger partial charge on any atom is 0.356 e. The summed E-state index contributed by atoms with van der Waals surface area (Å²) in [5, 5.41) is 16.5. The summed E-state index contributed by atoms with van der Waals surface area (Å²) in [4.78, 5) is 12.9. The van der Waals surface area contributed by atoms with E-state index in [1.807, 2.05) is 0 Å². The Morgan fingerprint density at radius 2 is 1.94 bits per heavy atom. The fourth-order valence-electron chi connectivity index (χ4n) is 2.46. The Balaban J connectivity index is 2.14. The highest BCUT2D eigenvalue weighted by molar-refractivity contribution is 5.85. The lowest BCUT2D eigenvalue weighted by molar-refractivity contribution is 0.0689. The van der Waals surface area contributed by atoms with Gasteiger partial charge in [0, 0.05) is 13.1 Å². The minimum Gasteiger partial charge on any atom is -0.476 e. The fraction of sp³-hybridized carbons (Fsp3) is 0.583. The predicted molar refractivity (Wildman–Crippen MR) is 64.1 cm³/mol. The highest BCUT2D eigenvalue weighted by Crippen LogP contribution is 2.24. The van der Waals surface area contributed by atoms with Gasteiger partial charge in [-0.3, -0.25) is 0 Å². The molecule has 1 aromatic heterocycles. The van der Waals surface area contributed by atoms with E-state index in [1.54, 1.807) is 6.07 Å². The summed E-state index contributed by atoms with van der Waals surface area (Å²) in [6.45, 7) is 6.38. The summed E-state index contributed by atoms with van der Waals surface area (Å²) in [6.07, 6.45) is 1.23.